The van der Waals surface area contributed by atoms with Crippen LogP contribution in [0, 0.1) is 0 Å². The number of aromatic nitrogens is 2. The van der Waals surface area contributed by atoms with E-state index in [1.54, 1.807) is 14.0 Å². The molecule has 6 heteroatoms. The minimum Gasteiger partial charge on any atom is -0.496 e. The van der Waals surface area contributed by atoms with Gasteiger partial charge in [0, 0.05) is 12.6 Å². The molecule has 102 valence electrons. The van der Waals surface area contributed by atoms with Crippen molar-refractivity contribution in [1.29, 1.82) is 0 Å². The number of methoxy groups -OCH3 is 1. The molecule has 2 rings (SSSR count). The molecule has 0 N–H and O–H groups in total. The van der Waals surface area contributed by atoms with Gasteiger partial charge in [-0.1, -0.05) is 23.3 Å². The summed E-state index contributed by atoms with van der Waals surface area (Å²) < 4.78 is 10.8. The van der Waals surface area contributed by atoms with Gasteiger partial charge in [0.2, 0.25) is 5.89 Å². The maximum atomic E-state index is 5.89. The van der Waals surface area contributed by atoms with E-state index in [1.165, 1.54) is 0 Å². The normalized spacial score (nSPS) is 12.2. The predicted molar refractivity (Wildman–Crippen MR) is 73.7 cm³/mol. The van der Waals surface area contributed by atoms with Gasteiger partial charge in [0.15, 0.2) is 0 Å². The quantitative estimate of drug-likeness (QED) is 0.789. The van der Waals surface area contributed by atoms with Crippen LogP contribution in [0.2, 0.25) is 0 Å². The second-order valence-corrected chi connectivity index (χ2v) is 4.86. The lowest BCUT2D eigenvalue weighted by Crippen LogP contribution is -2.17. The fraction of sp³-hybridized carbons (Fsp3) is 0.385. The summed E-state index contributed by atoms with van der Waals surface area (Å²) in [6, 6.07) is 8.25. The molecule has 0 spiro atoms. The topological polar surface area (TPSA) is 51.4 Å². The molecular formula is C13H16ClN3O2. The Morgan fingerprint density at radius 1 is 1.37 bits per heavy atom. The molecular weight excluding hydrogens is 266 g/mol. The van der Waals surface area contributed by atoms with Crippen molar-refractivity contribution in [1.82, 2.24) is 10.2 Å². The number of rotatable bonds is 5. The summed E-state index contributed by atoms with van der Waals surface area (Å²) in [5.41, 5.74) is 1.05. The number of anilines is 1. The summed E-state index contributed by atoms with van der Waals surface area (Å²) in [5.74, 6) is 1.25. The lowest BCUT2D eigenvalue weighted by atomic mass is 10.2. The van der Waals surface area contributed by atoms with Crippen molar-refractivity contribution >= 4 is 17.6 Å². The van der Waals surface area contributed by atoms with Crippen molar-refractivity contribution < 1.29 is 9.15 Å². The highest BCUT2D eigenvalue weighted by Gasteiger charge is 2.15. The number of alkyl halides is 1. The lowest BCUT2D eigenvalue weighted by molar-refractivity contribution is 0.408. The van der Waals surface area contributed by atoms with Gasteiger partial charge < -0.3 is 14.1 Å². The molecule has 0 amide bonds. The highest BCUT2D eigenvalue weighted by atomic mass is 35.5. The van der Waals surface area contributed by atoms with E-state index >= 15 is 0 Å². The van der Waals surface area contributed by atoms with E-state index in [0.29, 0.717) is 18.5 Å². The van der Waals surface area contributed by atoms with Gasteiger partial charge in [0.25, 0.3) is 0 Å². The van der Waals surface area contributed by atoms with Gasteiger partial charge in [-0.15, -0.1) is 16.7 Å². The first-order valence-electron chi connectivity index (χ1n) is 5.92. The van der Waals surface area contributed by atoms with Crippen LogP contribution in [0.1, 0.15) is 23.8 Å². The van der Waals surface area contributed by atoms with Crippen molar-refractivity contribution in [2.75, 3.05) is 19.1 Å². The largest absolute Gasteiger partial charge is 0.496 e. The molecule has 0 aliphatic rings. The average Bonchev–Trinajstić information content (AvgIpc) is 2.89. The smallest absolute Gasteiger partial charge is 0.318 e. The molecule has 5 nitrogen and oxygen atoms in total. The van der Waals surface area contributed by atoms with Crippen molar-refractivity contribution in [3.63, 3.8) is 0 Å². The maximum absolute atomic E-state index is 5.89. The zero-order valence-electron chi connectivity index (χ0n) is 11.1. The highest BCUT2D eigenvalue weighted by Crippen LogP contribution is 2.24. The number of halogens is 1. The molecule has 0 saturated carbocycles. The van der Waals surface area contributed by atoms with Crippen molar-refractivity contribution in [3.8, 4) is 5.75 Å². The first-order chi connectivity index (χ1) is 9.11. The average molecular weight is 282 g/mol. The zero-order chi connectivity index (χ0) is 13.8. The van der Waals surface area contributed by atoms with Crippen LogP contribution in [0.5, 0.6) is 5.75 Å². The molecule has 1 heterocycles. The van der Waals surface area contributed by atoms with Crippen LogP contribution in [-0.2, 0) is 6.54 Å². The molecule has 0 fully saturated rings. The van der Waals surface area contributed by atoms with Gasteiger partial charge in [-0.3, -0.25) is 0 Å². The number of benzene rings is 1. The van der Waals surface area contributed by atoms with E-state index in [2.05, 4.69) is 10.2 Å². The summed E-state index contributed by atoms with van der Waals surface area (Å²) in [6.45, 7) is 2.40. The Kier molecular flexibility index (Phi) is 4.27. The third kappa shape index (κ3) is 3.17. The first kappa shape index (κ1) is 13.7. The molecule has 0 aliphatic carbocycles. The summed E-state index contributed by atoms with van der Waals surface area (Å²) >= 11 is 5.89. The van der Waals surface area contributed by atoms with E-state index in [1.807, 2.05) is 36.2 Å². The molecule has 19 heavy (non-hydrogen) atoms. The van der Waals surface area contributed by atoms with E-state index in [4.69, 9.17) is 20.8 Å². The van der Waals surface area contributed by atoms with Gasteiger partial charge in [-0.25, -0.2) is 0 Å². The van der Waals surface area contributed by atoms with Crippen LogP contribution in [0.3, 0.4) is 0 Å². The third-order valence-electron chi connectivity index (χ3n) is 2.70. The summed E-state index contributed by atoms with van der Waals surface area (Å²) in [4.78, 5) is 1.85. The second-order valence-electron chi connectivity index (χ2n) is 4.21. The van der Waals surface area contributed by atoms with Crippen LogP contribution in [0.4, 0.5) is 6.01 Å². The molecule has 0 bridgehead atoms. The van der Waals surface area contributed by atoms with Crippen LogP contribution in [0.15, 0.2) is 28.7 Å². The van der Waals surface area contributed by atoms with E-state index < -0.39 is 0 Å². The van der Waals surface area contributed by atoms with Crippen LogP contribution >= 0.6 is 11.6 Å². The summed E-state index contributed by atoms with van der Waals surface area (Å²) in [7, 11) is 3.53. The minimum atomic E-state index is -0.291. The Bertz CT molecular complexity index is 542. The molecule has 1 atom stereocenters. The van der Waals surface area contributed by atoms with Gasteiger partial charge in [0.1, 0.15) is 11.1 Å². The SMILES string of the molecule is COc1ccccc1CN(C)c1nnc(C(C)Cl)o1. The van der Waals surface area contributed by atoms with Crippen molar-refractivity contribution in [2.24, 2.45) is 0 Å². The summed E-state index contributed by atoms with van der Waals surface area (Å²) in [6.07, 6.45) is 0. The number of para-hydroxylation sites is 1. The molecule has 0 aliphatic heterocycles. The molecule has 2 aromatic rings. The maximum Gasteiger partial charge on any atom is 0.318 e. The number of ether oxygens (including phenoxy) is 1. The second kappa shape index (κ2) is 5.93. The standard InChI is InChI=1S/C13H16ClN3O2/c1-9(14)12-15-16-13(19-12)17(2)8-10-6-4-5-7-11(10)18-3/h4-7,9H,8H2,1-3H3. The van der Waals surface area contributed by atoms with Crippen LogP contribution in [0.25, 0.3) is 0 Å². The number of hydrogen-bond donors (Lipinski definition) is 0. The fourth-order valence-corrected chi connectivity index (χ4v) is 1.79. The Hall–Kier alpha value is -1.75. The van der Waals surface area contributed by atoms with Gasteiger partial charge in [-0.2, -0.15) is 0 Å². The number of hydrogen-bond acceptors (Lipinski definition) is 5. The molecule has 0 saturated heterocycles. The lowest BCUT2D eigenvalue weighted by Gasteiger charge is -2.16. The molecule has 1 aromatic carbocycles. The van der Waals surface area contributed by atoms with Crippen molar-refractivity contribution in [3.05, 3.63) is 35.7 Å². The van der Waals surface area contributed by atoms with E-state index in [0.717, 1.165) is 11.3 Å². The summed E-state index contributed by atoms with van der Waals surface area (Å²) in [5, 5.41) is 7.58. The molecule has 0 radical (unpaired) electrons. The van der Waals surface area contributed by atoms with E-state index in [-0.39, 0.29) is 5.38 Å². The Balaban J connectivity index is 2.13. The fourth-order valence-electron chi connectivity index (χ4n) is 1.70. The van der Waals surface area contributed by atoms with Gasteiger partial charge >= 0.3 is 6.01 Å². The Morgan fingerprint density at radius 3 is 2.74 bits per heavy atom. The van der Waals surface area contributed by atoms with Crippen LogP contribution in [-0.4, -0.2) is 24.4 Å². The first-order valence-corrected chi connectivity index (χ1v) is 6.36. The Labute approximate surface area is 117 Å². The minimum absolute atomic E-state index is 0.291. The van der Waals surface area contributed by atoms with Crippen molar-refractivity contribution in [2.45, 2.75) is 18.8 Å². The van der Waals surface area contributed by atoms with E-state index in [9.17, 15) is 0 Å². The molecule has 1 unspecified atom stereocenters. The highest BCUT2D eigenvalue weighted by molar-refractivity contribution is 6.20. The third-order valence-corrected chi connectivity index (χ3v) is 2.88. The predicted octanol–water partition coefficient (Wildman–Crippen LogP) is 3.01. The van der Waals surface area contributed by atoms with Gasteiger partial charge in [0.05, 0.1) is 13.7 Å². The molecule has 1 aromatic heterocycles. The Morgan fingerprint density at radius 2 is 2.11 bits per heavy atom. The van der Waals surface area contributed by atoms with Crippen LogP contribution < -0.4 is 9.64 Å². The monoisotopic (exact) mass is 281 g/mol. The number of nitrogens with zero attached hydrogens (tertiary/aromatic N) is 3. The van der Waals surface area contributed by atoms with Gasteiger partial charge in [-0.05, 0) is 13.0 Å². The zero-order valence-corrected chi connectivity index (χ0v) is 11.9.